The Labute approximate surface area is 114 Å². The molecule has 0 aromatic heterocycles. The molecule has 1 aromatic rings. The fourth-order valence-electron chi connectivity index (χ4n) is 1.38. The summed E-state index contributed by atoms with van der Waals surface area (Å²) in [6.07, 6.45) is 0. The number of nitrogens with one attached hydrogen (secondary N) is 1. The molecule has 0 aliphatic heterocycles. The maximum absolute atomic E-state index is 11.7. The first kappa shape index (κ1) is 16.9. The first-order valence-electron chi connectivity index (χ1n) is 5.66. The maximum Gasteiger partial charge on any atom is 0.176 e. The van der Waals surface area contributed by atoms with Crippen LogP contribution >= 0.6 is 12.4 Å². The van der Waals surface area contributed by atoms with Crippen molar-refractivity contribution in [3.63, 3.8) is 0 Å². The summed E-state index contributed by atoms with van der Waals surface area (Å²) in [6.45, 7) is 2.98. The average Bonchev–Trinajstić information content (AvgIpc) is 2.38. The number of benzene rings is 1. The molecular weight excluding hydrogens is 254 g/mol. The molecule has 18 heavy (non-hydrogen) atoms. The summed E-state index contributed by atoms with van der Waals surface area (Å²) >= 11 is 0. The number of Topliss-reactive ketones (excluding diaryl/α,β-unsaturated/α-hetero) is 1. The fourth-order valence-corrected chi connectivity index (χ4v) is 1.38. The second-order valence-corrected chi connectivity index (χ2v) is 4.07. The molecule has 102 valence electrons. The molecule has 0 aliphatic rings. The molecule has 0 aliphatic carbocycles. The van der Waals surface area contributed by atoms with E-state index in [9.17, 15) is 4.79 Å². The van der Waals surface area contributed by atoms with Crippen molar-refractivity contribution < 1.29 is 14.6 Å². The number of halogens is 1. The Bertz CT molecular complexity index is 354. The van der Waals surface area contributed by atoms with Crippen LogP contribution in [-0.2, 0) is 0 Å². The fraction of sp³-hybridized carbons (Fsp3) is 0.462. The van der Waals surface area contributed by atoms with Crippen LogP contribution in [0.4, 0.5) is 0 Å². The van der Waals surface area contributed by atoms with Crippen molar-refractivity contribution in [3.05, 3.63) is 29.8 Å². The van der Waals surface area contributed by atoms with E-state index in [4.69, 9.17) is 9.84 Å². The number of methoxy groups -OCH3 is 1. The van der Waals surface area contributed by atoms with Gasteiger partial charge in [-0.2, -0.15) is 0 Å². The SMILES string of the molecule is COc1ccc(C(=O)CNCC(C)CO)cc1.Cl. The lowest BCUT2D eigenvalue weighted by Gasteiger charge is -2.09. The Kier molecular flexibility index (Phi) is 8.37. The van der Waals surface area contributed by atoms with Crippen molar-refractivity contribution in [2.45, 2.75) is 6.92 Å². The van der Waals surface area contributed by atoms with Crippen LogP contribution in [0.15, 0.2) is 24.3 Å². The number of ether oxygens (including phenoxy) is 1. The van der Waals surface area contributed by atoms with Gasteiger partial charge in [-0.15, -0.1) is 12.4 Å². The summed E-state index contributed by atoms with van der Waals surface area (Å²) < 4.78 is 5.02. The van der Waals surface area contributed by atoms with E-state index in [1.807, 2.05) is 6.92 Å². The van der Waals surface area contributed by atoms with Gasteiger partial charge in [0, 0.05) is 18.7 Å². The number of aliphatic hydroxyl groups is 1. The summed E-state index contributed by atoms with van der Waals surface area (Å²) in [5, 5.41) is 11.9. The van der Waals surface area contributed by atoms with E-state index in [0.29, 0.717) is 12.1 Å². The molecule has 2 N–H and O–H groups in total. The van der Waals surface area contributed by atoms with Gasteiger partial charge in [-0.1, -0.05) is 6.92 Å². The van der Waals surface area contributed by atoms with Crippen molar-refractivity contribution in [1.29, 1.82) is 0 Å². The largest absolute Gasteiger partial charge is 0.497 e. The number of hydrogen-bond acceptors (Lipinski definition) is 4. The first-order valence-corrected chi connectivity index (χ1v) is 5.66. The van der Waals surface area contributed by atoms with Gasteiger partial charge in [-0.25, -0.2) is 0 Å². The van der Waals surface area contributed by atoms with Crippen molar-refractivity contribution in [3.8, 4) is 5.75 Å². The topological polar surface area (TPSA) is 58.6 Å². The molecule has 1 aromatic carbocycles. The van der Waals surface area contributed by atoms with Crippen LogP contribution in [0, 0.1) is 5.92 Å². The van der Waals surface area contributed by atoms with Gasteiger partial charge in [0.15, 0.2) is 5.78 Å². The van der Waals surface area contributed by atoms with E-state index in [1.165, 1.54) is 0 Å². The minimum atomic E-state index is 0. The van der Waals surface area contributed by atoms with Gasteiger partial charge in [0.1, 0.15) is 5.75 Å². The van der Waals surface area contributed by atoms with E-state index >= 15 is 0 Å². The molecule has 4 nitrogen and oxygen atoms in total. The molecule has 0 radical (unpaired) electrons. The lowest BCUT2D eigenvalue weighted by molar-refractivity contribution is 0.0988. The molecule has 1 atom stereocenters. The average molecular weight is 274 g/mol. The number of carbonyl (C=O) groups is 1. The summed E-state index contributed by atoms with van der Waals surface area (Å²) in [5.74, 6) is 0.944. The molecule has 0 bridgehead atoms. The van der Waals surface area contributed by atoms with Crippen LogP contribution in [-0.4, -0.2) is 37.7 Å². The summed E-state index contributed by atoms with van der Waals surface area (Å²) in [5.41, 5.74) is 0.662. The Balaban J connectivity index is 0.00000289. The van der Waals surface area contributed by atoms with Crippen LogP contribution in [0.25, 0.3) is 0 Å². The number of ketones is 1. The lowest BCUT2D eigenvalue weighted by Crippen LogP contribution is -2.28. The van der Waals surface area contributed by atoms with Gasteiger partial charge in [-0.3, -0.25) is 4.79 Å². The maximum atomic E-state index is 11.7. The molecular formula is C13H20ClNO3. The summed E-state index contributed by atoms with van der Waals surface area (Å²) in [7, 11) is 1.59. The van der Waals surface area contributed by atoms with Crippen LogP contribution in [0.1, 0.15) is 17.3 Å². The van der Waals surface area contributed by atoms with Crippen LogP contribution < -0.4 is 10.1 Å². The predicted octanol–water partition coefficient (Wildman–Crippen LogP) is 1.52. The van der Waals surface area contributed by atoms with E-state index in [1.54, 1.807) is 31.4 Å². The molecule has 5 heteroatoms. The quantitative estimate of drug-likeness (QED) is 0.740. The second-order valence-electron chi connectivity index (χ2n) is 4.07. The van der Waals surface area contributed by atoms with Gasteiger partial charge in [-0.05, 0) is 30.2 Å². The Morgan fingerprint density at radius 3 is 2.50 bits per heavy atom. The summed E-state index contributed by atoms with van der Waals surface area (Å²) in [6, 6.07) is 7.03. The predicted molar refractivity (Wildman–Crippen MR) is 73.7 cm³/mol. The monoisotopic (exact) mass is 273 g/mol. The minimum absolute atomic E-state index is 0. The second kappa shape index (κ2) is 8.91. The lowest BCUT2D eigenvalue weighted by atomic mass is 10.1. The van der Waals surface area contributed by atoms with E-state index in [2.05, 4.69) is 5.32 Å². The highest BCUT2D eigenvalue weighted by Gasteiger charge is 2.06. The number of aliphatic hydroxyl groups excluding tert-OH is 1. The molecule has 0 spiro atoms. The van der Waals surface area contributed by atoms with E-state index in [-0.39, 0.29) is 37.3 Å². The van der Waals surface area contributed by atoms with Gasteiger partial charge in [0.05, 0.1) is 13.7 Å². The van der Waals surface area contributed by atoms with Crippen LogP contribution in [0.3, 0.4) is 0 Å². The number of hydrogen-bond donors (Lipinski definition) is 2. The molecule has 0 amide bonds. The first-order chi connectivity index (χ1) is 8.17. The molecule has 0 fully saturated rings. The van der Waals surface area contributed by atoms with Crippen molar-refractivity contribution in [1.82, 2.24) is 5.32 Å². The van der Waals surface area contributed by atoms with Crippen LogP contribution in [0.5, 0.6) is 5.75 Å². The van der Waals surface area contributed by atoms with Crippen molar-refractivity contribution in [2.75, 3.05) is 26.8 Å². The van der Waals surface area contributed by atoms with Gasteiger partial charge in [0.25, 0.3) is 0 Å². The highest BCUT2D eigenvalue weighted by molar-refractivity contribution is 5.97. The Morgan fingerprint density at radius 2 is 2.00 bits per heavy atom. The Hall–Kier alpha value is -1.10. The Morgan fingerprint density at radius 1 is 1.39 bits per heavy atom. The smallest absolute Gasteiger partial charge is 0.176 e. The van der Waals surface area contributed by atoms with Crippen LogP contribution in [0.2, 0.25) is 0 Å². The zero-order valence-corrected chi connectivity index (χ0v) is 11.5. The van der Waals surface area contributed by atoms with Gasteiger partial charge >= 0.3 is 0 Å². The van der Waals surface area contributed by atoms with E-state index < -0.39 is 0 Å². The third-order valence-corrected chi connectivity index (χ3v) is 2.50. The van der Waals surface area contributed by atoms with Gasteiger partial charge in [0.2, 0.25) is 0 Å². The third-order valence-electron chi connectivity index (χ3n) is 2.50. The summed E-state index contributed by atoms with van der Waals surface area (Å²) in [4.78, 5) is 11.7. The standard InChI is InChI=1S/C13H19NO3.ClH/c1-10(9-15)7-14-8-13(16)11-3-5-12(17-2)6-4-11;/h3-6,10,14-15H,7-9H2,1-2H3;1H. The molecule has 1 rings (SSSR count). The number of carbonyl (C=O) groups excluding carboxylic acids is 1. The minimum Gasteiger partial charge on any atom is -0.497 e. The highest BCUT2D eigenvalue weighted by atomic mass is 35.5. The zero-order chi connectivity index (χ0) is 12.7. The molecule has 0 heterocycles. The third kappa shape index (κ3) is 5.49. The molecule has 0 saturated heterocycles. The normalized spacial score (nSPS) is 11.5. The van der Waals surface area contributed by atoms with E-state index in [0.717, 1.165) is 5.75 Å². The van der Waals surface area contributed by atoms with Crippen molar-refractivity contribution >= 4 is 18.2 Å². The number of rotatable bonds is 7. The zero-order valence-electron chi connectivity index (χ0n) is 10.7. The highest BCUT2D eigenvalue weighted by Crippen LogP contribution is 2.11. The van der Waals surface area contributed by atoms with Gasteiger partial charge < -0.3 is 15.2 Å². The van der Waals surface area contributed by atoms with Crippen molar-refractivity contribution in [2.24, 2.45) is 5.92 Å². The molecule has 1 unspecified atom stereocenters. The molecule has 0 saturated carbocycles.